The summed E-state index contributed by atoms with van der Waals surface area (Å²) >= 11 is 0.829. The highest BCUT2D eigenvalue weighted by Crippen LogP contribution is 2.45. The number of rotatable bonds is 0. The van der Waals surface area contributed by atoms with Gasteiger partial charge < -0.3 is 4.74 Å². The van der Waals surface area contributed by atoms with Gasteiger partial charge in [0.05, 0.1) is 4.90 Å². The van der Waals surface area contributed by atoms with Crippen molar-refractivity contribution in [2.45, 2.75) is 16.3 Å². The lowest BCUT2D eigenvalue weighted by atomic mass is 10.1. The highest BCUT2D eigenvalue weighted by atomic mass is 32.2. The van der Waals surface area contributed by atoms with Crippen molar-refractivity contribution < 1.29 is 17.9 Å². The molecule has 94 valence electrons. The Hall–Kier alpha value is -1.36. The van der Waals surface area contributed by atoms with Crippen molar-refractivity contribution in [3.8, 4) is 5.75 Å². The van der Waals surface area contributed by atoms with Crippen molar-refractivity contribution in [3.63, 3.8) is 0 Å². The van der Waals surface area contributed by atoms with E-state index >= 15 is 0 Å². The molecule has 1 atom stereocenters. The lowest BCUT2D eigenvalue weighted by Gasteiger charge is -2.27. The number of thioether (sulfide) groups is 1. The van der Waals surface area contributed by atoms with E-state index in [1.165, 1.54) is 0 Å². The van der Waals surface area contributed by atoms with Gasteiger partial charge in [0, 0.05) is 5.39 Å². The van der Waals surface area contributed by atoms with Crippen LogP contribution in [0.2, 0.25) is 0 Å². The zero-order valence-electron chi connectivity index (χ0n) is 9.20. The number of benzene rings is 2. The van der Waals surface area contributed by atoms with Gasteiger partial charge in [-0.1, -0.05) is 30.3 Å². The Morgan fingerprint density at radius 3 is 2.67 bits per heavy atom. The van der Waals surface area contributed by atoms with Crippen molar-refractivity contribution in [1.29, 1.82) is 0 Å². The minimum absolute atomic E-state index is 0.324. The Bertz CT molecular complexity index is 594. The van der Waals surface area contributed by atoms with Crippen LogP contribution in [0, 0.1) is 0 Å². The average molecular weight is 270 g/mol. The fourth-order valence-corrected chi connectivity index (χ4v) is 2.97. The van der Waals surface area contributed by atoms with E-state index in [9.17, 15) is 13.2 Å². The highest BCUT2D eigenvalue weighted by Gasteiger charge is 2.43. The summed E-state index contributed by atoms with van der Waals surface area (Å²) in [6.07, 6.45) is -4.23. The fourth-order valence-electron chi connectivity index (χ4n) is 1.97. The first-order valence-corrected chi connectivity index (χ1v) is 6.31. The largest absolute Gasteiger partial charge is 0.490 e. The summed E-state index contributed by atoms with van der Waals surface area (Å²) < 4.78 is 43.3. The summed E-state index contributed by atoms with van der Waals surface area (Å²) in [6.45, 7) is -0.324. The molecular weight excluding hydrogens is 261 g/mol. The van der Waals surface area contributed by atoms with Crippen molar-refractivity contribution in [2.24, 2.45) is 0 Å². The molecular formula is C13H9F3OS. The summed E-state index contributed by atoms with van der Waals surface area (Å²) in [6, 6.07) is 11.0. The fraction of sp³-hybridized carbons (Fsp3) is 0.231. The molecule has 1 aliphatic heterocycles. The molecule has 1 heterocycles. The second kappa shape index (κ2) is 4.09. The van der Waals surface area contributed by atoms with Gasteiger partial charge in [0.1, 0.15) is 17.6 Å². The second-order valence-electron chi connectivity index (χ2n) is 4.07. The van der Waals surface area contributed by atoms with Gasteiger partial charge in [-0.05, 0) is 11.5 Å². The smallest absolute Gasteiger partial charge is 0.404 e. The molecule has 1 aliphatic rings. The van der Waals surface area contributed by atoms with Crippen molar-refractivity contribution in [3.05, 3.63) is 36.4 Å². The summed E-state index contributed by atoms with van der Waals surface area (Å²) in [5.41, 5.74) is 0. The molecule has 0 aliphatic carbocycles. The maximum Gasteiger partial charge on any atom is 0.404 e. The van der Waals surface area contributed by atoms with E-state index in [1.54, 1.807) is 6.07 Å². The Labute approximate surface area is 106 Å². The van der Waals surface area contributed by atoms with Gasteiger partial charge in [0.2, 0.25) is 0 Å². The summed E-state index contributed by atoms with van der Waals surface area (Å²) in [5, 5.41) is 0.358. The summed E-state index contributed by atoms with van der Waals surface area (Å²) in [7, 11) is 0. The molecule has 0 aromatic heterocycles. The van der Waals surface area contributed by atoms with Crippen LogP contribution in [-0.2, 0) is 0 Å². The molecule has 18 heavy (non-hydrogen) atoms. The van der Waals surface area contributed by atoms with Crippen LogP contribution in [0.3, 0.4) is 0 Å². The zero-order chi connectivity index (χ0) is 12.8. The third kappa shape index (κ3) is 1.92. The van der Waals surface area contributed by atoms with E-state index in [2.05, 4.69) is 0 Å². The number of fused-ring (bicyclic) bond motifs is 3. The first-order valence-electron chi connectivity index (χ1n) is 5.43. The molecule has 0 saturated carbocycles. The maximum atomic E-state index is 12.6. The van der Waals surface area contributed by atoms with Crippen molar-refractivity contribution >= 4 is 22.5 Å². The third-order valence-electron chi connectivity index (χ3n) is 2.86. The van der Waals surface area contributed by atoms with Crippen LogP contribution in [-0.4, -0.2) is 18.0 Å². The number of hydrogen-bond donors (Lipinski definition) is 0. The molecule has 3 rings (SSSR count). The van der Waals surface area contributed by atoms with Gasteiger partial charge in [0.15, 0.2) is 0 Å². The standard InChI is InChI=1S/C13H9F3OS/c14-13(15,16)11-7-17-12-9-4-2-1-3-8(9)5-6-10(12)18-11/h1-6,11H,7H2. The Balaban J connectivity index is 2.06. The zero-order valence-corrected chi connectivity index (χ0v) is 10.0. The third-order valence-corrected chi connectivity index (χ3v) is 4.12. The number of ether oxygens (including phenoxy) is 1. The normalized spacial score (nSPS) is 19.4. The molecule has 1 nitrogen and oxygen atoms in total. The van der Waals surface area contributed by atoms with Crippen LogP contribution in [0.15, 0.2) is 41.3 Å². The second-order valence-corrected chi connectivity index (χ2v) is 5.32. The van der Waals surface area contributed by atoms with Gasteiger partial charge in [-0.3, -0.25) is 0 Å². The van der Waals surface area contributed by atoms with Crippen LogP contribution in [0.25, 0.3) is 10.8 Å². The minimum Gasteiger partial charge on any atom is -0.490 e. The van der Waals surface area contributed by atoms with Gasteiger partial charge in [-0.2, -0.15) is 13.2 Å². The number of alkyl halides is 3. The Morgan fingerprint density at radius 2 is 1.89 bits per heavy atom. The van der Waals surface area contributed by atoms with Gasteiger partial charge >= 0.3 is 6.18 Å². The predicted octanol–water partition coefficient (Wildman–Crippen LogP) is 4.26. The molecule has 0 spiro atoms. The van der Waals surface area contributed by atoms with E-state index < -0.39 is 11.4 Å². The SMILES string of the molecule is FC(F)(F)C1COc2c(ccc3ccccc23)S1. The minimum atomic E-state index is -4.23. The van der Waals surface area contributed by atoms with Crippen LogP contribution >= 0.6 is 11.8 Å². The molecule has 2 aromatic carbocycles. The van der Waals surface area contributed by atoms with E-state index in [1.807, 2.05) is 30.3 Å². The molecule has 1 unspecified atom stereocenters. The Morgan fingerprint density at radius 1 is 1.11 bits per heavy atom. The van der Waals surface area contributed by atoms with E-state index in [0.717, 1.165) is 22.5 Å². The first-order chi connectivity index (χ1) is 8.55. The Kier molecular flexibility index (Phi) is 2.66. The lowest BCUT2D eigenvalue weighted by molar-refractivity contribution is -0.134. The molecule has 0 fully saturated rings. The van der Waals surface area contributed by atoms with E-state index in [0.29, 0.717) is 10.6 Å². The van der Waals surface area contributed by atoms with Crippen LogP contribution in [0.1, 0.15) is 0 Å². The van der Waals surface area contributed by atoms with Crippen molar-refractivity contribution in [2.75, 3.05) is 6.61 Å². The number of halogens is 3. The quantitative estimate of drug-likeness (QED) is 0.707. The molecule has 5 heteroatoms. The summed E-state index contributed by atoms with van der Waals surface area (Å²) in [5.74, 6) is 0.568. The number of hydrogen-bond acceptors (Lipinski definition) is 2. The molecule has 0 amide bonds. The van der Waals surface area contributed by atoms with Crippen molar-refractivity contribution in [1.82, 2.24) is 0 Å². The molecule has 0 bridgehead atoms. The topological polar surface area (TPSA) is 9.23 Å². The monoisotopic (exact) mass is 270 g/mol. The van der Waals surface area contributed by atoms with E-state index in [-0.39, 0.29) is 6.61 Å². The van der Waals surface area contributed by atoms with E-state index in [4.69, 9.17) is 4.74 Å². The molecule has 0 N–H and O–H groups in total. The van der Waals surface area contributed by atoms with Gasteiger partial charge in [-0.25, -0.2) is 0 Å². The highest BCUT2D eigenvalue weighted by molar-refractivity contribution is 8.00. The first kappa shape index (κ1) is 11.7. The van der Waals surface area contributed by atoms with Crippen LogP contribution < -0.4 is 4.74 Å². The van der Waals surface area contributed by atoms with Crippen LogP contribution in [0.5, 0.6) is 5.75 Å². The van der Waals surface area contributed by atoms with Crippen LogP contribution in [0.4, 0.5) is 13.2 Å². The predicted molar refractivity (Wildman–Crippen MR) is 65.1 cm³/mol. The molecule has 2 aromatic rings. The summed E-state index contributed by atoms with van der Waals surface area (Å²) in [4.78, 5) is 0.558. The van der Waals surface area contributed by atoms with Gasteiger partial charge in [0.25, 0.3) is 0 Å². The molecule has 0 saturated heterocycles. The average Bonchev–Trinajstić information content (AvgIpc) is 2.37. The lowest BCUT2D eigenvalue weighted by Crippen LogP contribution is -2.33. The maximum absolute atomic E-state index is 12.6. The van der Waals surface area contributed by atoms with Gasteiger partial charge in [-0.15, -0.1) is 11.8 Å². The molecule has 0 radical (unpaired) electrons.